The van der Waals surface area contributed by atoms with Crippen molar-refractivity contribution in [3.63, 3.8) is 0 Å². The molecule has 0 aliphatic heterocycles. The van der Waals surface area contributed by atoms with E-state index in [2.05, 4.69) is 25.7 Å². The number of aromatic nitrogens is 3. The predicted molar refractivity (Wildman–Crippen MR) is 101 cm³/mol. The fourth-order valence-corrected chi connectivity index (χ4v) is 2.16. The molecular formula is C18H25N5O3. The third-order valence-electron chi connectivity index (χ3n) is 3.34. The Morgan fingerprint density at radius 1 is 1.23 bits per heavy atom. The molecule has 0 unspecified atom stereocenters. The first kappa shape index (κ1) is 19.4. The van der Waals surface area contributed by atoms with Gasteiger partial charge in [-0.3, -0.25) is 9.78 Å². The number of rotatable bonds is 6. The number of benzene rings is 1. The maximum atomic E-state index is 12.0. The normalized spacial score (nSPS) is 11.8. The van der Waals surface area contributed by atoms with Crippen LogP contribution in [0, 0.1) is 0 Å². The zero-order valence-electron chi connectivity index (χ0n) is 16.0. The number of hydrogen-bond donors (Lipinski definition) is 2. The van der Waals surface area contributed by atoms with Crippen LogP contribution in [0.1, 0.15) is 45.9 Å². The number of hydrogen-bond acceptors (Lipinski definition) is 7. The van der Waals surface area contributed by atoms with Gasteiger partial charge in [0, 0.05) is 5.41 Å². The third kappa shape index (κ3) is 5.05. The van der Waals surface area contributed by atoms with Gasteiger partial charge in [0.1, 0.15) is 5.69 Å². The average molecular weight is 359 g/mol. The van der Waals surface area contributed by atoms with E-state index in [0.717, 1.165) is 5.56 Å². The molecule has 8 nitrogen and oxygen atoms in total. The second-order valence-electron chi connectivity index (χ2n) is 7.05. The molecule has 0 fully saturated rings. The molecule has 2 rings (SSSR count). The SMILES string of the molecule is COc1cc(/C=N/Nc2nnc(C(C)(C)C)c(=O)[nH]2)ccc1OC(C)C. The van der Waals surface area contributed by atoms with Gasteiger partial charge in [-0.15, -0.1) is 10.2 Å². The van der Waals surface area contributed by atoms with Crippen LogP contribution in [0.2, 0.25) is 0 Å². The molecule has 2 aromatic rings. The highest BCUT2D eigenvalue weighted by Crippen LogP contribution is 2.28. The zero-order valence-corrected chi connectivity index (χ0v) is 16.0. The molecule has 0 bridgehead atoms. The molecule has 1 aromatic heterocycles. The summed E-state index contributed by atoms with van der Waals surface area (Å²) in [4.78, 5) is 14.7. The number of methoxy groups -OCH3 is 1. The quantitative estimate of drug-likeness (QED) is 0.607. The Morgan fingerprint density at radius 3 is 2.54 bits per heavy atom. The molecule has 0 saturated heterocycles. The Hall–Kier alpha value is -2.90. The number of hydrazone groups is 1. The summed E-state index contributed by atoms with van der Waals surface area (Å²) in [6, 6.07) is 5.47. The van der Waals surface area contributed by atoms with E-state index in [1.54, 1.807) is 19.4 Å². The first-order valence-electron chi connectivity index (χ1n) is 8.32. The second-order valence-corrected chi connectivity index (χ2v) is 7.05. The summed E-state index contributed by atoms with van der Waals surface area (Å²) in [6.07, 6.45) is 1.64. The van der Waals surface area contributed by atoms with E-state index in [1.165, 1.54) is 0 Å². The van der Waals surface area contributed by atoms with Gasteiger partial charge in [0.05, 0.1) is 19.4 Å². The van der Waals surface area contributed by atoms with Gasteiger partial charge in [0.2, 0.25) is 5.95 Å². The molecule has 0 saturated carbocycles. The minimum atomic E-state index is -0.376. The standard InChI is InChI=1S/C18H25N5O3/c1-11(2)26-13-8-7-12(9-14(13)25-6)10-19-22-17-20-16(24)15(21-23-17)18(3,4)5/h7-11H,1-6H3,(H2,20,22,23,24)/b19-10+. The van der Waals surface area contributed by atoms with Crippen molar-refractivity contribution in [1.29, 1.82) is 0 Å². The zero-order chi connectivity index (χ0) is 19.3. The first-order valence-corrected chi connectivity index (χ1v) is 8.32. The molecule has 1 aromatic carbocycles. The van der Waals surface area contributed by atoms with Crippen LogP contribution in [0.5, 0.6) is 11.5 Å². The van der Waals surface area contributed by atoms with Crippen molar-refractivity contribution in [1.82, 2.24) is 15.2 Å². The van der Waals surface area contributed by atoms with E-state index < -0.39 is 0 Å². The van der Waals surface area contributed by atoms with Crippen molar-refractivity contribution in [2.75, 3.05) is 12.5 Å². The Bertz CT molecular complexity index is 837. The highest BCUT2D eigenvalue weighted by Gasteiger charge is 2.20. The molecule has 0 aliphatic carbocycles. The van der Waals surface area contributed by atoms with Gasteiger partial charge in [-0.1, -0.05) is 20.8 Å². The lowest BCUT2D eigenvalue weighted by molar-refractivity contribution is 0.230. The van der Waals surface area contributed by atoms with Crippen LogP contribution in [0.15, 0.2) is 28.1 Å². The van der Waals surface area contributed by atoms with Crippen molar-refractivity contribution < 1.29 is 9.47 Å². The van der Waals surface area contributed by atoms with Crippen LogP contribution >= 0.6 is 0 Å². The van der Waals surface area contributed by atoms with E-state index in [-0.39, 0.29) is 23.0 Å². The third-order valence-corrected chi connectivity index (χ3v) is 3.34. The molecule has 0 amide bonds. The number of anilines is 1. The fraction of sp³-hybridized carbons (Fsp3) is 0.444. The number of H-pyrrole nitrogens is 1. The molecule has 2 N–H and O–H groups in total. The minimum Gasteiger partial charge on any atom is -0.493 e. The molecule has 8 heteroatoms. The fourth-order valence-electron chi connectivity index (χ4n) is 2.16. The molecule has 0 radical (unpaired) electrons. The summed E-state index contributed by atoms with van der Waals surface area (Å²) < 4.78 is 11.0. The van der Waals surface area contributed by atoms with Gasteiger partial charge in [-0.05, 0) is 37.6 Å². The Balaban J connectivity index is 2.11. The Kier molecular flexibility index (Phi) is 5.97. The van der Waals surface area contributed by atoms with Gasteiger partial charge < -0.3 is 9.47 Å². The molecule has 0 aliphatic rings. The highest BCUT2D eigenvalue weighted by atomic mass is 16.5. The smallest absolute Gasteiger partial charge is 0.274 e. The van der Waals surface area contributed by atoms with Crippen LogP contribution in [-0.2, 0) is 5.41 Å². The van der Waals surface area contributed by atoms with Gasteiger partial charge in [-0.2, -0.15) is 5.10 Å². The lowest BCUT2D eigenvalue weighted by Crippen LogP contribution is -2.28. The number of aromatic amines is 1. The predicted octanol–water partition coefficient (Wildman–Crippen LogP) is 2.70. The molecule has 0 spiro atoms. The van der Waals surface area contributed by atoms with Crippen molar-refractivity contribution >= 4 is 12.2 Å². The van der Waals surface area contributed by atoms with Gasteiger partial charge >= 0.3 is 0 Å². The monoisotopic (exact) mass is 359 g/mol. The summed E-state index contributed by atoms with van der Waals surface area (Å²) in [5, 5.41) is 12.0. The van der Waals surface area contributed by atoms with Crippen LogP contribution in [0.25, 0.3) is 0 Å². The topological polar surface area (TPSA) is 101 Å². The number of nitrogens with one attached hydrogen (secondary N) is 2. The van der Waals surface area contributed by atoms with Gasteiger partial charge in [-0.25, -0.2) is 5.43 Å². The second kappa shape index (κ2) is 7.99. The number of nitrogens with zero attached hydrogens (tertiary/aromatic N) is 3. The lowest BCUT2D eigenvalue weighted by atomic mass is 9.93. The van der Waals surface area contributed by atoms with Crippen LogP contribution < -0.4 is 20.5 Å². The van der Waals surface area contributed by atoms with E-state index in [1.807, 2.05) is 46.8 Å². The summed E-state index contributed by atoms with van der Waals surface area (Å²) in [6.45, 7) is 9.60. The van der Waals surface area contributed by atoms with E-state index in [0.29, 0.717) is 17.2 Å². The van der Waals surface area contributed by atoms with E-state index in [4.69, 9.17) is 9.47 Å². The Labute approximate surface area is 152 Å². The van der Waals surface area contributed by atoms with Crippen molar-refractivity contribution in [3.05, 3.63) is 39.8 Å². The molecular weight excluding hydrogens is 334 g/mol. The molecule has 140 valence electrons. The summed E-state index contributed by atoms with van der Waals surface area (Å²) >= 11 is 0. The minimum absolute atomic E-state index is 0.0524. The largest absolute Gasteiger partial charge is 0.493 e. The van der Waals surface area contributed by atoms with Crippen molar-refractivity contribution in [2.24, 2.45) is 5.10 Å². The maximum absolute atomic E-state index is 12.0. The molecule has 0 atom stereocenters. The molecule has 1 heterocycles. The van der Waals surface area contributed by atoms with Crippen LogP contribution in [0.3, 0.4) is 0 Å². The summed E-state index contributed by atoms with van der Waals surface area (Å²) in [5.74, 6) is 1.46. The van der Waals surface area contributed by atoms with Crippen molar-refractivity contribution in [3.8, 4) is 11.5 Å². The maximum Gasteiger partial charge on any atom is 0.274 e. The first-order chi connectivity index (χ1) is 12.2. The lowest BCUT2D eigenvalue weighted by Gasteiger charge is -2.15. The van der Waals surface area contributed by atoms with E-state index >= 15 is 0 Å². The average Bonchev–Trinajstić information content (AvgIpc) is 2.54. The van der Waals surface area contributed by atoms with Gasteiger partial charge in [0.25, 0.3) is 5.56 Å². The van der Waals surface area contributed by atoms with Gasteiger partial charge in [0.15, 0.2) is 11.5 Å². The number of ether oxygens (including phenoxy) is 2. The summed E-state index contributed by atoms with van der Waals surface area (Å²) in [5.41, 5.74) is 3.17. The van der Waals surface area contributed by atoms with Crippen LogP contribution in [0.4, 0.5) is 5.95 Å². The molecule has 26 heavy (non-hydrogen) atoms. The van der Waals surface area contributed by atoms with Crippen LogP contribution in [-0.4, -0.2) is 34.6 Å². The summed E-state index contributed by atoms with van der Waals surface area (Å²) in [7, 11) is 1.58. The van der Waals surface area contributed by atoms with E-state index in [9.17, 15) is 4.79 Å². The Morgan fingerprint density at radius 2 is 1.96 bits per heavy atom. The highest BCUT2D eigenvalue weighted by molar-refractivity contribution is 5.81. The van der Waals surface area contributed by atoms with Crippen molar-refractivity contribution in [2.45, 2.75) is 46.1 Å².